The third-order valence-electron chi connectivity index (χ3n) is 4.89. The Morgan fingerprint density at radius 3 is 2.45 bits per heavy atom. The molecule has 0 bridgehead atoms. The number of benzene rings is 2. The lowest BCUT2D eigenvalue weighted by molar-refractivity contribution is 0.381. The largest absolute Gasteiger partial charge is 0.358 e. The standard InChI is InChI=1S/C20H19FN4O3S/c1-22-20-23-17-11-12-24(29(27,28)18-10-6-5-9-16(18)21)13-15(17)19(26)25(20)14-7-3-2-4-8-14/h2-10H,11-13H2,1H3,(H,22,23). The molecule has 0 aliphatic carbocycles. The van der Waals surface area contributed by atoms with Gasteiger partial charge in [0.2, 0.25) is 16.0 Å². The summed E-state index contributed by atoms with van der Waals surface area (Å²) in [6.45, 7) is -0.0384. The van der Waals surface area contributed by atoms with Crippen LogP contribution in [0.1, 0.15) is 11.3 Å². The third kappa shape index (κ3) is 3.32. The first kappa shape index (κ1) is 19.3. The van der Waals surface area contributed by atoms with E-state index in [0.29, 0.717) is 22.9 Å². The summed E-state index contributed by atoms with van der Waals surface area (Å²) < 4.78 is 42.6. The quantitative estimate of drug-likeness (QED) is 0.707. The van der Waals surface area contributed by atoms with E-state index >= 15 is 0 Å². The Labute approximate surface area is 167 Å². The number of nitrogens with zero attached hydrogens (tertiary/aromatic N) is 3. The van der Waals surface area contributed by atoms with Crippen LogP contribution in [0.2, 0.25) is 0 Å². The van der Waals surface area contributed by atoms with Gasteiger partial charge in [-0.1, -0.05) is 30.3 Å². The summed E-state index contributed by atoms with van der Waals surface area (Å²) in [7, 11) is -2.41. The van der Waals surface area contributed by atoms with Gasteiger partial charge in [-0.3, -0.25) is 4.79 Å². The lowest BCUT2D eigenvalue weighted by Gasteiger charge is -2.28. The molecule has 0 saturated carbocycles. The number of sulfonamides is 1. The van der Waals surface area contributed by atoms with Crippen LogP contribution in [0.4, 0.5) is 10.3 Å². The van der Waals surface area contributed by atoms with Crippen molar-refractivity contribution in [3.8, 4) is 5.69 Å². The molecule has 1 aliphatic rings. The minimum atomic E-state index is -4.08. The average Bonchev–Trinajstić information content (AvgIpc) is 2.74. The topological polar surface area (TPSA) is 84.3 Å². The first-order valence-electron chi connectivity index (χ1n) is 9.06. The highest BCUT2D eigenvalue weighted by Crippen LogP contribution is 2.25. The number of nitrogens with one attached hydrogen (secondary N) is 1. The smallest absolute Gasteiger partial charge is 0.264 e. The normalized spacial score (nSPS) is 14.4. The average molecular weight is 414 g/mol. The number of hydrogen-bond acceptors (Lipinski definition) is 5. The molecule has 0 saturated heterocycles. The number of fused-ring (bicyclic) bond motifs is 1. The molecule has 29 heavy (non-hydrogen) atoms. The van der Waals surface area contributed by atoms with Gasteiger partial charge in [0.05, 0.1) is 16.9 Å². The Balaban J connectivity index is 1.81. The van der Waals surface area contributed by atoms with Crippen molar-refractivity contribution < 1.29 is 12.8 Å². The van der Waals surface area contributed by atoms with Crippen LogP contribution in [0.3, 0.4) is 0 Å². The highest BCUT2D eigenvalue weighted by atomic mass is 32.2. The van der Waals surface area contributed by atoms with Gasteiger partial charge in [0.15, 0.2) is 0 Å². The van der Waals surface area contributed by atoms with Crippen molar-refractivity contribution in [2.24, 2.45) is 0 Å². The van der Waals surface area contributed by atoms with Gasteiger partial charge < -0.3 is 5.32 Å². The zero-order valence-corrected chi connectivity index (χ0v) is 16.5. The van der Waals surface area contributed by atoms with Gasteiger partial charge in [-0.05, 0) is 24.3 Å². The Bertz CT molecular complexity index is 1230. The van der Waals surface area contributed by atoms with Gasteiger partial charge in [-0.25, -0.2) is 22.4 Å². The Kier molecular flexibility index (Phi) is 4.93. The van der Waals surface area contributed by atoms with Crippen molar-refractivity contribution in [1.29, 1.82) is 0 Å². The van der Waals surface area contributed by atoms with Gasteiger partial charge >= 0.3 is 0 Å². The molecule has 0 unspecified atom stereocenters. The second kappa shape index (κ2) is 7.41. The Morgan fingerprint density at radius 1 is 1.07 bits per heavy atom. The lowest BCUT2D eigenvalue weighted by Crippen LogP contribution is -2.41. The van der Waals surface area contributed by atoms with Gasteiger partial charge in [-0.15, -0.1) is 0 Å². The second-order valence-electron chi connectivity index (χ2n) is 6.61. The molecule has 2 heterocycles. The summed E-state index contributed by atoms with van der Waals surface area (Å²) in [5.74, 6) is -0.436. The summed E-state index contributed by atoms with van der Waals surface area (Å²) >= 11 is 0. The molecule has 7 nitrogen and oxygen atoms in total. The van der Waals surface area contributed by atoms with E-state index in [1.807, 2.05) is 6.07 Å². The molecule has 0 amide bonds. The van der Waals surface area contributed by atoms with Crippen molar-refractivity contribution in [3.05, 3.63) is 82.0 Å². The number of aromatic nitrogens is 2. The van der Waals surface area contributed by atoms with Crippen LogP contribution in [0, 0.1) is 5.82 Å². The number of para-hydroxylation sites is 1. The molecule has 150 valence electrons. The molecule has 0 fully saturated rings. The van der Waals surface area contributed by atoms with Crippen molar-refractivity contribution in [3.63, 3.8) is 0 Å². The van der Waals surface area contributed by atoms with Crippen LogP contribution in [0.5, 0.6) is 0 Å². The Morgan fingerprint density at radius 2 is 1.76 bits per heavy atom. The van der Waals surface area contributed by atoms with E-state index in [9.17, 15) is 17.6 Å². The van der Waals surface area contributed by atoms with E-state index < -0.39 is 20.7 Å². The zero-order chi connectivity index (χ0) is 20.6. The molecule has 0 radical (unpaired) electrons. The molecule has 0 spiro atoms. The van der Waals surface area contributed by atoms with E-state index in [2.05, 4.69) is 10.3 Å². The summed E-state index contributed by atoms with van der Waals surface area (Å²) in [5.41, 5.74) is 1.11. The fourth-order valence-corrected chi connectivity index (χ4v) is 4.91. The SMILES string of the molecule is CNc1nc2c(c(=O)n1-c1ccccc1)CN(S(=O)(=O)c1ccccc1F)CC2. The molecular formula is C20H19FN4O3S. The first-order chi connectivity index (χ1) is 13.9. The molecule has 1 aliphatic heterocycles. The maximum absolute atomic E-state index is 14.1. The van der Waals surface area contributed by atoms with Crippen LogP contribution in [0.15, 0.2) is 64.3 Å². The van der Waals surface area contributed by atoms with Crippen LogP contribution in [-0.2, 0) is 23.0 Å². The van der Waals surface area contributed by atoms with E-state index in [1.54, 1.807) is 31.3 Å². The predicted molar refractivity (Wildman–Crippen MR) is 107 cm³/mol. The first-order valence-corrected chi connectivity index (χ1v) is 10.5. The van der Waals surface area contributed by atoms with Gasteiger partial charge in [0.1, 0.15) is 10.7 Å². The number of hydrogen-bond donors (Lipinski definition) is 1. The maximum atomic E-state index is 14.1. The fraction of sp³-hybridized carbons (Fsp3) is 0.200. The molecule has 0 atom stereocenters. The van der Waals surface area contributed by atoms with Crippen LogP contribution >= 0.6 is 0 Å². The summed E-state index contributed by atoms with van der Waals surface area (Å²) in [5, 5.41) is 2.93. The summed E-state index contributed by atoms with van der Waals surface area (Å²) in [6, 6.07) is 14.2. The van der Waals surface area contributed by atoms with Gasteiger partial charge in [-0.2, -0.15) is 4.31 Å². The molecule has 1 aromatic heterocycles. The minimum Gasteiger partial charge on any atom is -0.358 e. The second-order valence-corrected chi connectivity index (χ2v) is 8.51. The maximum Gasteiger partial charge on any atom is 0.264 e. The molecule has 4 rings (SSSR count). The zero-order valence-electron chi connectivity index (χ0n) is 15.7. The monoisotopic (exact) mass is 414 g/mol. The fourth-order valence-electron chi connectivity index (χ4n) is 3.43. The number of anilines is 1. The lowest BCUT2D eigenvalue weighted by atomic mass is 10.1. The molecule has 3 aromatic rings. The summed E-state index contributed by atoms with van der Waals surface area (Å²) in [6.07, 6.45) is 0.266. The van der Waals surface area contributed by atoms with Crippen molar-refractivity contribution >= 4 is 16.0 Å². The van der Waals surface area contributed by atoms with Crippen molar-refractivity contribution in [2.45, 2.75) is 17.9 Å². The molecule has 2 aromatic carbocycles. The number of halogens is 1. The molecular weight excluding hydrogens is 395 g/mol. The van der Waals surface area contributed by atoms with Gasteiger partial charge in [0, 0.05) is 26.6 Å². The van der Waals surface area contributed by atoms with Crippen LogP contribution < -0.4 is 10.9 Å². The summed E-state index contributed by atoms with van der Waals surface area (Å²) in [4.78, 5) is 17.4. The predicted octanol–water partition coefficient (Wildman–Crippen LogP) is 2.16. The van der Waals surface area contributed by atoms with Crippen LogP contribution in [-0.4, -0.2) is 35.9 Å². The Hall–Kier alpha value is -3.04. The molecule has 1 N–H and O–H groups in total. The van der Waals surface area contributed by atoms with E-state index in [4.69, 9.17) is 0 Å². The minimum absolute atomic E-state index is 0.120. The van der Waals surface area contributed by atoms with E-state index in [0.717, 1.165) is 10.4 Å². The number of rotatable bonds is 4. The van der Waals surface area contributed by atoms with Crippen molar-refractivity contribution in [2.75, 3.05) is 18.9 Å². The highest BCUT2D eigenvalue weighted by molar-refractivity contribution is 7.89. The van der Waals surface area contributed by atoms with Crippen molar-refractivity contribution in [1.82, 2.24) is 13.9 Å². The van der Waals surface area contributed by atoms with Gasteiger partial charge in [0.25, 0.3) is 5.56 Å². The van der Waals surface area contributed by atoms with E-state index in [-0.39, 0.29) is 25.1 Å². The van der Waals surface area contributed by atoms with E-state index in [1.165, 1.54) is 22.8 Å². The third-order valence-corrected chi connectivity index (χ3v) is 6.77. The molecule has 9 heteroatoms. The highest BCUT2D eigenvalue weighted by Gasteiger charge is 2.33. The van der Waals surface area contributed by atoms with Crippen LogP contribution in [0.25, 0.3) is 5.69 Å².